The Hall–Kier alpha value is -2.34. The fourth-order valence-electron chi connectivity index (χ4n) is 3.53. The Morgan fingerprint density at radius 2 is 1.64 bits per heavy atom. The lowest BCUT2D eigenvalue weighted by Crippen LogP contribution is -2.38. The minimum atomic E-state index is -3.65. The molecule has 0 saturated carbocycles. The van der Waals surface area contributed by atoms with Gasteiger partial charge in [0.2, 0.25) is 0 Å². The van der Waals surface area contributed by atoms with E-state index in [-0.39, 0.29) is 10.8 Å². The van der Waals surface area contributed by atoms with Gasteiger partial charge in [-0.3, -0.25) is 9.10 Å². The van der Waals surface area contributed by atoms with E-state index in [1.165, 1.54) is 4.31 Å². The van der Waals surface area contributed by atoms with E-state index in [2.05, 4.69) is 6.92 Å². The lowest BCUT2D eigenvalue weighted by atomic mass is 9.98. The number of carbonyl (C=O) groups is 1. The molecular formula is C22H28N2O3S. The summed E-state index contributed by atoms with van der Waals surface area (Å²) in [7, 11) is -2.11. The predicted molar refractivity (Wildman–Crippen MR) is 112 cm³/mol. The normalized spacial score (nSPS) is 15.5. The smallest absolute Gasteiger partial charge is 0.264 e. The fraction of sp³-hybridized carbons (Fsp3) is 0.409. The average molecular weight is 401 g/mol. The first kappa shape index (κ1) is 20.4. The molecule has 1 aliphatic heterocycles. The second-order valence-corrected chi connectivity index (χ2v) is 9.73. The van der Waals surface area contributed by atoms with Gasteiger partial charge in [-0.05, 0) is 68.5 Å². The second kappa shape index (κ2) is 7.95. The maximum atomic E-state index is 12.9. The molecule has 0 aliphatic carbocycles. The third-order valence-electron chi connectivity index (χ3n) is 5.53. The number of piperidine rings is 1. The molecule has 1 amide bonds. The van der Waals surface area contributed by atoms with Crippen LogP contribution in [0.1, 0.15) is 41.3 Å². The van der Waals surface area contributed by atoms with Gasteiger partial charge in [0.15, 0.2) is 0 Å². The van der Waals surface area contributed by atoms with Crippen LogP contribution in [-0.4, -0.2) is 39.4 Å². The summed E-state index contributed by atoms with van der Waals surface area (Å²) < 4.78 is 27.2. The molecule has 1 aliphatic rings. The number of nitrogens with zero attached hydrogens (tertiary/aromatic N) is 2. The number of aryl methyl sites for hydroxylation is 2. The summed E-state index contributed by atoms with van der Waals surface area (Å²) in [6.45, 7) is 7.53. The van der Waals surface area contributed by atoms with Crippen molar-refractivity contribution >= 4 is 21.6 Å². The van der Waals surface area contributed by atoms with Crippen LogP contribution >= 0.6 is 0 Å². The predicted octanol–water partition coefficient (Wildman–Crippen LogP) is 4.00. The molecule has 0 radical (unpaired) electrons. The first-order valence-corrected chi connectivity index (χ1v) is 11.1. The van der Waals surface area contributed by atoms with Crippen LogP contribution in [0.3, 0.4) is 0 Å². The van der Waals surface area contributed by atoms with Crippen LogP contribution in [0.5, 0.6) is 0 Å². The van der Waals surface area contributed by atoms with Gasteiger partial charge in [-0.15, -0.1) is 0 Å². The molecule has 2 aromatic carbocycles. The topological polar surface area (TPSA) is 57.7 Å². The van der Waals surface area contributed by atoms with E-state index in [0.29, 0.717) is 17.2 Å². The van der Waals surface area contributed by atoms with Crippen molar-refractivity contribution < 1.29 is 13.2 Å². The van der Waals surface area contributed by atoms with Gasteiger partial charge >= 0.3 is 0 Å². The molecule has 0 bridgehead atoms. The number of sulfonamides is 1. The first-order valence-electron chi connectivity index (χ1n) is 9.65. The molecule has 0 unspecified atom stereocenters. The Morgan fingerprint density at radius 1 is 1.04 bits per heavy atom. The molecule has 5 nitrogen and oxygen atoms in total. The molecule has 1 saturated heterocycles. The summed E-state index contributed by atoms with van der Waals surface area (Å²) in [5.74, 6) is 0.680. The van der Waals surface area contributed by atoms with Crippen molar-refractivity contribution in [2.24, 2.45) is 5.92 Å². The first-order chi connectivity index (χ1) is 13.2. The van der Waals surface area contributed by atoms with Gasteiger partial charge in [0.25, 0.3) is 15.9 Å². The molecule has 3 rings (SSSR count). The Bertz CT molecular complexity index is 960. The molecule has 1 heterocycles. The minimum absolute atomic E-state index is 0.0191. The summed E-state index contributed by atoms with van der Waals surface area (Å²) in [4.78, 5) is 14.9. The number of hydrogen-bond donors (Lipinski definition) is 0. The number of carbonyl (C=O) groups excluding carboxylic acids is 1. The number of amides is 1. The monoisotopic (exact) mass is 400 g/mol. The SMILES string of the molecule is Cc1ccc(S(=O)(=O)N(C)c2ccc(C(=O)N3CCC(C)CC3)cc2C)cc1. The minimum Gasteiger partial charge on any atom is -0.339 e. The zero-order chi connectivity index (χ0) is 20.5. The van der Waals surface area contributed by atoms with Gasteiger partial charge in [-0.25, -0.2) is 8.42 Å². The van der Waals surface area contributed by atoms with Gasteiger partial charge in [-0.2, -0.15) is 0 Å². The van der Waals surface area contributed by atoms with Crippen LogP contribution in [0, 0.1) is 19.8 Å². The van der Waals surface area contributed by atoms with E-state index in [1.54, 1.807) is 49.5 Å². The molecule has 0 atom stereocenters. The highest BCUT2D eigenvalue weighted by molar-refractivity contribution is 7.92. The van der Waals surface area contributed by atoms with Gasteiger partial charge in [0.05, 0.1) is 10.6 Å². The second-order valence-electron chi connectivity index (χ2n) is 7.76. The highest BCUT2D eigenvalue weighted by Gasteiger charge is 2.25. The third-order valence-corrected chi connectivity index (χ3v) is 7.32. The van der Waals surface area contributed by atoms with E-state index in [1.807, 2.05) is 18.7 Å². The van der Waals surface area contributed by atoms with E-state index >= 15 is 0 Å². The Labute approximate surface area is 168 Å². The summed E-state index contributed by atoms with van der Waals surface area (Å²) in [6, 6.07) is 12.0. The highest BCUT2D eigenvalue weighted by atomic mass is 32.2. The fourth-order valence-corrected chi connectivity index (χ4v) is 4.79. The van der Waals surface area contributed by atoms with Gasteiger partial charge < -0.3 is 4.90 Å². The van der Waals surface area contributed by atoms with Crippen LogP contribution in [-0.2, 0) is 10.0 Å². The molecular weight excluding hydrogens is 372 g/mol. The quantitative estimate of drug-likeness (QED) is 0.779. The van der Waals surface area contributed by atoms with Gasteiger partial charge in [-0.1, -0.05) is 24.6 Å². The third kappa shape index (κ3) is 4.07. The van der Waals surface area contributed by atoms with E-state index < -0.39 is 10.0 Å². The molecule has 6 heteroatoms. The maximum absolute atomic E-state index is 12.9. The molecule has 0 N–H and O–H groups in total. The molecule has 0 spiro atoms. The molecule has 28 heavy (non-hydrogen) atoms. The van der Waals surface area contributed by atoms with Crippen molar-refractivity contribution in [3.8, 4) is 0 Å². The van der Waals surface area contributed by atoms with E-state index in [0.717, 1.165) is 37.1 Å². The van der Waals surface area contributed by atoms with E-state index in [9.17, 15) is 13.2 Å². The Morgan fingerprint density at radius 3 is 2.21 bits per heavy atom. The number of rotatable bonds is 4. The van der Waals surface area contributed by atoms with Crippen LogP contribution in [0.4, 0.5) is 5.69 Å². The molecule has 2 aromatic rings. The summed E-state index contributed by atoms with van der Waals surface area (Å²) in [5, 5.41) is 0. The van der Waals surface area contributed by atoms with Crippen LogP contribution in [0.15, 0.2) is 47.4 Å². The zero-order valence-corrected chi connectivity index (χ0v) is 17.8. The number of benzene rings is 2. The standard InChI is InChI=1S/C22H28N2O3S/c1-16-5-8-20(9-6-16)28(26,27)23(4)21-10-7-19(15-18(21)3)22(25)24-13-11-17(2)12-14-24/h5-10,15,17H,11-14H2,1-4H3. The Kier molecular flexibility index (Phi) is 5.79. The van der Waals surface area contributed by atoms with Gasteiger partial charge in [0.1, 0.15) is 0 Å². The van der Waals surface area contributed by atoms with E-state index in [4.69, 9.17) is 0 Å². The average Bonchev–Trinajstić information content (AvgIpc) is 2.67. The summed E-state index contributed by atoms with van der Waals surface area (Å²) in [6.07, 6.45) is 2.06. The maximum Gasteiger partial charge on any atom is 0.264 e. The highest BCUT2D eigenvalue weighted by Crippen LogP contribution is 2.27. The van der Waals surface area contributed by atoms with Crippen molar-refractivity contribution in [2.45, 2.75) is 38.5 Å². The molecule has 0 aromatic heterocycles. The Balaban J connectivity index is 1.83. The van der Waals surface area contributed by atoms with Crippen molar-refractivity contribution in [1.82, 2.24) is 4.90 Å². The van der Waals surface area contributed by atoms with Crippen molar-refractivity contribution in [3.63, 3.8) is 0 Å². The molecule has 1 fully saturated rings. The lowest BCUT2D eigenvalue weighted by molar-refractivity contribution is 0.0697. The van der Waals surface area contributed by atoms with Crippen molar-refractivity contribution in [1.29, 1.82) is 0 Å². The summed E-state index contributed by atoms with van der Waals surface area (Å²) in [5.41, 5.74) is 2.95. The largest absolute Gasteiger partial charge is 0.339 e. The lowest BCUT2D eigenvalue weighted by Gasteiger charge is -2.30. The number of hydrogen-bond acceptors (Lipinski definition) is 3. The number of likely N-dealkylation sites (tertiary alicyclic amines) is 1. The van der Waals surface area contributed by atoms with Crippen LogP contribution in [0.2, 0.25) is 0 Å². The summed E-state index contributed by atoms with van der Waals surface area (Å²) >= 11 is 0. The van der Waals surface area contributed by atoms with Crippen LogP contribution < -0.4 is 4.31 Å². The number of anilines is 1. The zero-order valence-electron chi connectivity index (χ0n) is 17.0. The van der Waals surface area contributed by atoms with Crippen LogP contribution in [0.25, 0.3) is 0 Å². The van der Waals surface area contributed by atoms with Gasteiger partial charge in [0, 0.05) is 25.7 Å². The van der Waals surface area contributed by atoms with Crippen molar-refractivity contribution in [2.75, 3.05) is 24.4 Å². The molecule has 150 valence electrons. The van der Waals surface area contributed by atoms with Crippen molar-refractivity contribution in [3.05, 3.63) is 59.2 Å².